The van der Waals surface area contributed by atoms with E-state index in [2.05, 4.69) is 9.97 Å². The largest absolute Gasteiger partial charge is 0.377 e. The van der Waals surface area contributed by atoms with E-state index >= 15 is 0 Å². The van der Waals surface area contributed by atoms with Crippen molar-refractivity contribution in [1.29, 1.82) is 0 Å². The van der Waals surface area contributed by atoms with E-state index in [4.69, 9.17) is 23.7 Å². The molecule has 0 aliphatic carbocycles. The van der Waals surface area contributed by atoms with Gasteiger partial charge in [0.05, 0.1) is 78.7 Å². The van der Waals surface area contributed by atoms with Crippen molar-refractivity contribution in [2.24, 2.45) is 0 Å². The quantitative estimate of drug-likeness (QED) is 0.354. The van der Waals surface area contributed by atoms with Crippen LogP contribution >= 0.6 is 0 Å². The number of nitrogens with zero attached hydrogens (tertiary/aromatic N) is 4. The van der Waals surface area contributed by atoms with Crippen molar-refractivity contribution >= 4 is 0 Å². The van der Waals surface area contributed by atoms with Crippen molar-refractivity contribution in [2.75, 3.05) is 66.1 Å². The van der Waals surface area contributed by atoms with Gasteiger partial charge in [-0.05, 0) is 0 Å². The summed E-state index contributed by atoms with van der Waals surface area (Å²) >= 11 is 0. The maximum absolute atomic E-state index is 5.48. The predicted molar refractivity (Wildman–Crippen MR) is 98.5 cm³/mol. The van der Waals surface area contributed by atoms with Gasteiger partial charge in [0.1, 0.15) is 0 Å². The van der Waals surface area contributed by atoms with Crippen LogP contribution in [0.15, 0.2) is 37.4 Å². The minimum atomic E-state index is 0.555. The molecule has 0 fully saturated rings. The average Bonchev–Trinajstić information content (AvgIpc) is 3.38. The Labute approximate surface area is 160 Å². The van der Waals surface area contributed by atoms with Crippen LogP contribution in [0, 0.1) is 0 Å². The van der Waals surface area contributed by atoms with E-state index < -0.39 is 0 Å². The number of aromatic nitrogens is 4. The highest BCUT2D eigenvalue weighted by atomic mass is 16.6. The van der Waals surface area contributed by atoms with E-state index in [1.165, 1.54) is 0 Å². The van der Waals surface area contributed by atoms with E-state index in [0.717, 1.165) is 13.1 Å². The molecule has 0 amide bonds. The summed E-state index contributed by atoms with van der Waals surface area (Å²) in [5, 5.41) is 0. The van der Waals surface area contributed by atoms with Gasteiger partial charge in [-0.15, -0.1) is 0 Å². The molecule has 9 nitrogen and oxygen atoms in total. The summed E-state index contributed by atoms with van der Waals surface area (Å²) in [4.78, 5) is 7.95. The SMILES string of the molecule is c1cn(CCOCCOCCOCCOCCOCCn2ccnc2)cn1. The number of rotatable bonds is 18. The van der Waals surface area contributed by atoms with Crippen molar-refractivity contribution in [2.45, 2.75) is 13.1 Å². The zero-order valence-electron chi connectivity index (χ0n) is 15.8. The molecule has 2 aromatic rings. The maximum atomic E-state index is 5.48. The Morgan fingerprint density at radius 1 is 0.481 bits per heavy atom. The normalized spacial score (nSPS) is 11.3. The van der Waals surface area contributed by atoms with E-state index in [1.807, 2.05) is 21.5 Å². The minimum absolute atomic E-state index is 0.555. The third kappa shape index (κ3) is 11.5. The monoisotopic (exact) mass is 382 g/mol. The summed E-state index contributed by atoms with van der Waals surface area (Å²) < 4.78 is 31.2. The van der Waals surface area contributed by atoms with Gasteiger partial charge in [-0.2, -0.15) is 0 Å². The van der Waals surface area contributed by atoms with Crippen LogP contribution in [-0.4, -0.2) is 85.2 Å². The van der Waals surface area contributed by atoms with Crippen LogP contribution in [0.5, 0.6) is 0 Å². The molecule has 9 heteroatoms. The van der Waals surface area contributed by atoms with Crippen molar-refractivity contribution in [3.05, 3.63) is 37.4 Å². The number of imidazole rings is 2. The Hall–Kier alpha value is -1.78. The van der Waals surface area contributed by atoms with Crippen LogP contribution in [0.4, 0.5) is 0 Å². The highest BCUT2D eigenvalue weighted by molar-refractivity contribution is 4.74. The topological polar surface area (TPSA) is 81.8 Å². The van der Waals surface area contributed by atoms with Crippen LogP contribution < -0.4 is 0 Å². The van der Waals surface area contributed by atoms with Crippen LogP contribution in [0.3, 0.4) is 0 Å². The Balaban J connectivity index is 1.21. The van der Waals surface area contributed by atoms with Gasteiger partial charge in [-0.3, -0.25) is 0 Å². The molecule has 0 aliphatic rings. The van der Waals surface area contributed by atoms with E-state index in [-0.39, 0.29) is 0 Å². The molecule has 0 radical (unpaired) electrons. The molecule has 0 saturated heterocycles. The standard InChI is InChI=1S/C18H30N4O5/c1-3-21(17-19-1)5-7-23-9-11-25-13-15-27-16-14-26-12-10-24-8-6-22-4-2-20-18-22/h1-4,17-18H,5-16H2. The molecule has 2 aromatic heterocycles. The van der Waals surface area contributed by atoms with E-state index in [1.54, 1.807) is 25.0 Å². The molecule has 0 spiro atoms. The molecule has 0 N–H and O–H groups in total. The van der Waals surface area contributed by atoms with Crippen molar-refractivity contribution in [3.8, 4) is 0 Å². The van der Waals surface area contributed by atoms with Gasteiger partial charge in [0.25, 0.3) is 0 Å². The van der Waals surface area contributed by atoms with Gasteiger partial charge in [-0.25, -0.2) is 9.97 Å². The first-order valence-corrected chi connectivity index (χ1v) is 9.25. The summed E-state index contributed by atoms with van der Waals surface area (Å²) in [6.45, 7) is 7.45. The van der Waals surface area contributed by atoms with E-state index in [0.29, 0.717) is 66.1 Å². The molecular formula is C18H30N4O5. The highest BCUT2D eigenvalue weighted by Gasteiger charge is 1.95. The van der Waals surface area contributed by atoms with Crippen LogP contribution in [0.25, 0.3) is 0 Å². The fraction of sp³-hybridized carbons (Fsp3) is 0.667. The second-order valence-corrected chi connectivity index (χ2v) is 5.66. The summed E-state index contributed by atoms with van der Waals surface area (Å²) in [7, 11) is 0. The number of hydrogen-bond acceptors (Lipinski definition) is 7. The molecular weight excluding hydrogens is 352 g/mol. The second kappa shape index (κ2) is 15.3. The lowest BCUT2D eigenvalue weighted by Crippen LogP contribution is -2.14. The van der Waals surface area contributed by atoms with Gasteiger partial charge in [0, 0.05) is 37.9 Å². The summed E-state index contributed by atoms with van der Waals surface area (Å²) in [6, 6.07) is 0. The summed E-state index contributed by atoms with van der Waals surface area (Å²) in [6.07, 6.45) is 10.9. The third-order valence-electron chi connectivity index (χ3n) is 3.59. The second-order valence-electron chi connectivity index (χ2n) is 5.66. The fourth-order valence-corrected chi connectivity index (χ4v) is 2.16. The fourth-order valence-electron chi connectivity index (χ4n) is 2.16. The molecule has 2 heterocycles. The lowest BCUT2D eigenvalue weighted by Gasteiger charge is -2.08. The summed E-state index contributed by atoms with van der Waals surface area (Å²) in [5.41, 5.74) is 0. The zero-order valence-corrected chi connectivity index (χ0v) is 15.8. The Morgan fingerprint density at radius 2 is 0.815 bits per heavy atom. The Morgan fingerprint density at radius 3 is 1.11 bits per heavy atom. The Kier molecular flexibility index (Phi) is 12.2. The summed E-state index contributed by atoms with van der Waals surface area (Å²) in [5.74, 6) is 0. The molecule has 0 aromatic carbocycles. The lowest BCUT2D eigenvalue weighted by atomic mass is 10.6. The predicted octanol–water partition coefficient (Wildman–Crippen LogP) is 0.863. The molecule has 0 saturated carbocycles. The van der Waals surface area contributed by atoms with Gasteiger partial charge in [-0.1, -0.05) is 0 Å². The Bertz CT molecular complexity index is 488. The zero-order chi connectivity index (χ0) is 18.8. The van der Waals surface area contributed by atoms with Gasteiger partial charge >= 0.3 is 0 Å². The van der Waals surface area contributed by atoms with Gasteiger partial charge in [0.15, 0.2) is 0 Å². The smallest absolute Gasteiger partial charge is 0.0946 e. The molecule has 0 atom stereocenters. The lowest BCUT2D eigenvalue weighted by molar-refractivity contribution is -0.0119. The van der Waals surface area contributed by atoms with E-state index in [9.17, 15) is 0 Å². The van der Waals surface area contributed by atoms with Gasteiger partial charge in [0.2, 0.25) is 0 Å². The maximum Gasteiger partial charge on any atom is 0.0946 e. The first-order valence-electron chi connectivity index (χ1n) is 9.25. The van der Waals surface area contributed by atoms with Gasteiger partial charge < -0.3 is 32.8 Å². The highest BCUT2D eigenvalue weighted by Crippen LogP contribution is 1.89. The third-order valence-corrected chi connectivity index (χ3v) is 3.59. The van der Waals surface area contributed by atoms with Crippen molar-refractivity contribution < 1.29 is 23.7 Å². The van der Waals surface area contributed by atoms with Crippen molar-refractivity contribution in [1.82, 2.24) is 19.1 Å². The van der Waals surface area contributed by atoms with Crippen LogP contribution in [-0.2, 0) is 36.8 Å². The number of ether oxygens (including phenoxy) is 5. The minimum Gasteiger partial charge on any atom is -0.377 e. The molecule has 152 valence electrons. The first kappa shape index (κ1) is 21.5. The molecule has 0 aliphatic heterocycles. The average molecular weight is 382 g/mol. The van der Waals surface area contributed by atoms with Crippen LogP contribution in [0.1, 0.15) is 0 Å². The van der Waals surface area contributed by atoms with Crippen LogP contribution in [0.2, 0.25) is 0 Å². The molecule has 0 bridgehead atoms. The molecule has 2 rings (SSSR count). The van der Waals surface area contributed by atoms with Crippen molar-refractivity contribution in [3.63, 3.8) is 0 Å². The number of hydrogen-bond donors (Lipinski definition) is 0. The molecule has 0 unspecified atom stereocenters. The first-order chi connectivity index (χ1) is 13.4. The molecule has 27 heavy (non-hydrogen) atoms.